The molecule has 5 heteroatoms. The minimum absolute atomic E-state index is 0.0710. The van der Waals surface area contributed by atoms with Crippen molar-refractivity contribution in [1.29, 1.82) is 0 Å². The van der Waals surface area contributed by atoms with Crippen LogP contribution in [0, 0.1) is 12.8 Å². The summed E-state index contributed by atoms with van der Waals surface area (Å²) in [5.41, 5.74) is 2.85. The Labute approximate surface area is 156 Å². The van der Waals surface area contributed by atoms with Crippen LogP contribution in [0.3, 0.4) is 0 Å². The van der Waals surface area contributed by atoms with Gasteiger partial charge in [0.05, 0.1) is 6.54 Å². The van der Waals surface area contributed by atoms with E-state index in [1.807, 2.05) is 13.8 Å². The molecule has 1 atom stereocenters. The van der Waals surface area contributed by atoms with Crippen molar-refractivity contribution in [2.75, 3.05) is 0 Å². The highest BCUT2D eigenvalue weighted by Gasteiger charge is 2.21. The summed E-state index contributed by atoms with van der Waals surface area (Å²) in [7, 11) is 0. The van der Waals surface area contributed by atoms with Crippen molar-refractivity contribution >= 4 is 5.91 Å². The van der Waals surface area contributed by atoms with Gasteiger partial charge < -0.3 is 9.73 Å². The first-order valence-corrected chi connectivity index (χ1v) is 9.31. The Morgan fingerprint density at radius 1 is 1.12 bits per heavy atom. The molecular weight excluding hydrogens is 326 g/mol. The van der Waals surface area contributed by atoms with Crippen LogP contribution >= 0.6 is 0 Å². The van der Waals surface area contributed by atoms with Crippen LogP contribution in [0.25, 0.3) is 0 Å². The van der Waals surface area contributed by atoms with E-state index in [0.717, 1.165) is 6.54 Å². The molecular formula is C21H31N3O2. The molecule has 1 N–H and O–H groups in total. The first-order chi connectivity index (χ1) is 12.3. The second-order valence-electron chi connectivity index (χ2n) is 7.63. The van der Waals surface area contributed by atoms with E-state index in [2.05, 4.69) is 67.2 Å². The molecule has 0 saturated carbocycles. The van der Waals surface area contributed by atoms with Crippen LogP contribution in [0.5, 0.6) is 0 Å². The molecule has 1 heterocycles. The molecule has 2 rings (SSSR count). The van der Waals surface area contributed by atoms with Crippen molar-refractivity contribution in [3.8, 4) is 0 Å². The number of aromatic nitrogens is 1. The largest absolute Gasteiger partial charge is 0.447 e. The summed E-state index contributed by atoms with van der Waals surface area (Å²) in [6.07, 6.45) is 1.44. The summed E-state index contributed by atoms with van der Waals surface area (Å²) < 4.78 is 5.57. The van der Waals surface area contributed by atoms with Crippen LogP contribution in [0.1, 0.15) is 62.1 Å². The van der Waals surface area contributed by atoms with Crippen LogP contribution in [-0.4, -0.2) is 27.9 Å². The molecule has 0 spiro atoms. The number of hydrogen-bond acceptors (Lipinski definition) is 4. The zero-order valence-corrected chi connectivity index (χ0v) is 16.7. The Morgan fingerprint density at radius 2 is 1.77 bits per heavy atom. The van der Waals surface area contributed by atoms with Crippen LogP contribution in [0.4, 0.5) is 0 Å². The van der Waals surface area contributed by atoms with Gasteiger partial charge in [-0.3, -0.25) is 9.69 Å². The Morgan fingerprint density at radius 3 is 2.35 bits per heavy atom. The predicted octanol–water partition coefficient (Wildman–Crippen LogP) is 4.17. The van der Waals surface area contributed by atoms with E-state index in [0.29, 0.717) is 30.1 Å². The normalized spacial score (nSPS) is 12.8. The third-order valence-electron chi connectivity index (χ3n) is 4.59. The highest BCUT2D eigenvalue weighted by Crippen LogP contribution is 2.18. The lowest BCUT2D eigenvalue weighted by Crippen LogP contribution is -2.36. The van der Waals surface area contributed by atoms with Gasteiger partial charge in [0.15, 0.2) is 5.69 Å². The number of oxazole rings is 1. The van der Waals surface area contributed by atoms with Gasteiger partial charge in [-0.2, -0.15) is 0 Å². The minimum atomic E-state index is -0.197. The Hall–Kier alpha value is -2.14. The van der Waals surface area contributed by atoms with E-state index >= 15 is 0 Å². The summed E-state index contributed by atoms with van der Waals surface area (Å²) in [4.78, 5) is 18.8. The summed E-state index contributed by atoms with van der Waals surface area (Å²) in [5.74, 6) is 0.870. The molecule has 0 bridgehead atoms. The smallest absolute Gasteiger partial charge is 0.273 e. The van der Waals surface area contributed by atoms with Gasteiger partial charge in [0.2, 0.25) is 5.89 Å². The minimum Gasteiger partial charge on any atom is -0.447 e. The van der Waals surface area contributed by atoms with Crippen molar-refractivity contribution in [2.24, 2.45) is 5.92 Å². The highest BCUT2D eigenvalue weighted by atomic mass is 16.3. The maximum Gasteiger partial charge on any atom is 0.273 e. The van der Waals surface area contributed by atoms with E-state index in [1.54, 1.807) is 0 Å². The van der Waals surface area contributed by atoms with Gasteiger partial charge in [0.1, 0.15) is 6.26 Å². The average molecular weight is 357 g/mol. The molecule has 1 amide bonds. The zero-order valence-electron chi connectivity index (χ0n) is 16.7. The number of hydrogen-bond donors (Lipinski definition) is 1. The van der Waals surface area contributed by atoms with Crippen LogP contribution < -0.4 is 5.32 Å². The quantitative estimate of drug-likeness (QED) is 0.770. The molecule has 142 valence electrons. The molecule has 1 aromatic heterocycles. The fourth-order valence-electron chi connectivity index (χ4n) is 2.69. The van der Waals surface area contributed by atoms with Gasteiger partial charge in [-0.25, -0.2) is 4.98 Å². The van der Waals surface area contributed by atoms with Crippen molar-refractivity contribution in [3.63, 3.8) is 0 Å². The van der Waals surface area contributed by atoms with E-state index in [9.17, 15) is 4.79 Å². The van der Waals surface area contributed by atoms with Crippen LogP contribution in [0.15, 0.2) is 34.9 Å². The first kappa shape index (κ1) is 20.2. The van der Waals surface area contributed by atoms with Gasteiger partial charge in [-0.05, 0) is 39.2 Å². The topological polar surface area (TPSA) is 58.4 Å². The third kappa shape index (κ3) is 5.70. The lowest BCUT2D eigenvalue weighted by molar-refractivity contribution is 0.0938. The number of amides is 1. The fraction of sp³-hybridized carbons (Fsp3) is 0.524. The molecule has 1 unspecified atom stereocenters. The zero-order chi connectivity index (χ0) is 19.3. The molecule has 26 heavy (non-hydrogen) atoms. The number of nitrogens with zero attached hydrogens (tertiary/aromatic N) is 2. The van der Waals surface area contributed by atoms with Crippen molar-refractivity contribution in [2.45, 2.75) is 66.7 Å². The van der Waals surface area contributed by atoms with E-state index < -0.39 is 0 Å². The fourth-order valence-corrected chi connectivity index (χ4v) is 2.69. The number of aryl methyl sites for hydroxylation is 1. The SMILES string of the molecule is Cc1ccc(CN(Cc2nc(C(=O)NC(C)C)co2)C(C)C(C)C)cc1. The van der Waals surface area contributed by atoms with E-state index in [-0.39, 0.29) is 11.9 Å². The third-order valence-corrected chi connectivity index (χ3v) is 4.59. The Balaban J connectivity index is 2.12. The van der Waals surface area contributed by atoms with E-state index in [4.69, 9.17) is 4.42 Å². The van der Waals surface area contributed by atoms with Crippen LogP contribution in [0.2, 0.25) is 0 Å². The second kappa shape index (κ2) is 8.99. The predicted molar refractivity (Wildman–Crippen MR) is 104 cm³/mol. The Bertz CT molecular complexity index is 704. The van der Waals surface area contributed by atoms with Crippen molar-refractivity contribution < 1.29 is 9.21 Å². The van der Waals surface area contributed by atoms with Crippen molar-refractivity contribution in [3.05, 3.63) is 53.2 Å². The number of rotatable bonds is 8. The molecule has 0 aliphatic carbocycles. The van der Waals surface area contributed by atoms with Gasteiger partial charge in [0.25, 0.3) is 5.91 Å². The number of carbonyl (C=O) groups excluding carboxylic acids is 1. The molecule has 0 aliphatic heterocycles. The molecule has 5 nitrogen and oxygen atoms in total. The summed E-state index contributed by atoms with van der Waals surface area (Å²) in [6.45, 7) is 14.0. The van der Waals surface area contributed by atoms with Gasteiger partial charge in [0, 0.05) is 18.6 Å². The summed E-state index contributed by atoms with van der Waals surface area (Å²) in [6, 6.07) is 9.01. The highest BCUT2D eigenvalue weighted by molar-refractivity contribution is 5.92. The first-order valence-electron chi connectivity index (χ1n) is 9.31. The monoisotopic (exact) mass is 357 g/mol. The maximum absolute atomic E-state index is 12.1. The lowest BCUT2D eigenvalue weighted by Gasteiger charge is -2.30. The molecule has 2 aromatic rings. The molecule has 0 aliphatic rings. The van der Waals surface area contributed by atoms with Gasteiger partial charge >= 0.3 is 0 Å². The maximum atomic E-state index is 12.1. The second-order valence-corrected chi connectivity index (χ2v) is 7.63. The lowest BCUT2D eigenvalue weighted by atomic mass is 10.0. The van der Waals surface area contributed by atoms with Gasteiger partial charge in [-0.15, -0.1) is 0 Å². The molecule has 0 radical (unpaired) electrons. The molecule has 0 saturated heterocycles. The Kier molecular flexibility index (Phi) is 6.98. The standard InChI is InChI=1S/C21H31N3O2/c1-14(2)17(6)24(11-18-9-7-16(5)8-10-18)12-20-23-19(13-26-20)21(25)22-15(3)4/h7-10,13-15,17H,11-12H2,1-6H3,(H,22,25). The number of benzene rings is 1. The molecule has 1 aromatic carbocycles. The number of carbonyl (C=O) groups is 1. The average Bonchev–Trinajstić information content (AvgIpc) is 3.03. The molecule has 0 fully saturated rings. The summed E-state index contributed by atoms with van der Waals surface area (Å²) in [5, 5.41) is 2.84. The number of nitrogens with one attached hydrogen (secondary N) is 1. The van der Waals surface area contributed by atoms with Crippen molar-refractivity contribution in [1.82, 2.24) is 15.2 Å². The van der Waals surface area contributed by atoms with Gasteiger partial charge in [-0.1, -0.05) is 43.7 Å². The van der Waals surface area contributed by atoms with Crippen LogP contribution in [-0.2, 0) is 13.1 Å². The summed E-state index contributed by atoms with van der Waals surface area (Å²) >= 11 is 0. The van der Waals surface area contributed by atoms with E-state index in [1.165, 1.54) is 17.4 Å².